The van der Waals surface area contributed by atoms with Crippen molar-refractivity contribution < 1.29 is 18.7 Å². The van der Waals surface area contributed by atoms with Crippen LogP contribution in [0.1, 0.15) is 61.1 Å². The van der Waals surface area contributed by atoms with Gasteiger partial charge in [-0.15, -0.1) is 0 Å². The van der Waals surface area contributed by atoms with E-state index in [1.807, 2.05) is 6.92 Å². The minimum atomic E-state index is -1.02. The number of halogens is 1. The molecule has 35 heavy (non-hydrogen) atoms. The normalized spacial score (nSPS) is 14.7. The number of nitrogens with one attached hydrogen (secondary N) is 1. The molecule has 1 aliphatic rings. The molecule has 1 fully saturated rings. The van der Waals surface area contributed by atoms with E-state index >= 15 is 0 Å². The van der Waals surface area contributed by atoms with Crippen molar-refractivity contribution in [3.8, 4) is 5.75 Å². The molecule has 1 aromatic heterocycles. The van der Waals surface area contributed by atoms with Gasteiger partial charge in [0.05, 0.1) is 6.61 Å². The molecule has 0 saturated heterocycles. The zero-order valence-corrected chi connectivity index (χ0v) is 19.8. The van der Waals surface area contributed by atoms with Crippen LogP contribution in [0.25, 0.3) is 0 Å². The fourth-order valence-corrected chi connectivity index (χ4v) is 4.48. The third-order valence-electron chi connectivity index (χ3n) is 6.15. The summed E-state index contributed by atoms with van der Waals surface area (Å²) in [4.78, 5) is 33.3. The minimum absolute atomic E-state index is 0.0424. The van der Waals surface area contributed by atoms with Crippen LogP contribution in [-0.4, -0.2) is 29.4 Å². The first-order valence-corrected chi connectivity index (χ1v) is 12.1. The van der Waals surface area contributed by atoms with Crippen molar-refractivity contribution in [2.75, 3.05) is 11.5 Å². The predicted molar refractivity (Wildman–Crippen MR) is 133 cm³/mol. The smallest absolute Gasteiger partial charge is 0.277 e. The van der Waals surface area contributed by atoms with Gasteiger partial charge in [0, 0.05) is 24.0 Å². The fraction of sp³-hybridized carbons (Fsp3) is 0.321. The van der Waals surface area contributed by atoms with Gasteiger partial charge in [-0.25, -0.2) is 4.39 Å². The van der Waals surface area contributed by atoms with Crippen LogP contribution >= 0.6 is 0 Å². The highest BCUT2D eigenvalue weighted by Crippen LogP contribution is 2.32. The van der Waals surface area contributed by atoms with Crippen molar-refractivity contribution in [1.82, 2.24) is 10.3 Å². The Balaban J connectivity index is 1.81. The van der Waals surface area contributed by atoms with Gasteiger partial charge in [0.2, 0.25) is 5.91 Å². The summed E-state index contributed by atoms with van der Waals surface area (Å²) in [5.41, 5.74) is 1.19. The maximum absolute atomic E-state index is 13.9. The minimum Gasteiger partial charge on any atom is -0.494 e. The van der Waals surface area contributed by atoms with Crippen molar-refractivity contribution in [1.29, 1.82) is 0 Å². The van der Waals surface area contributed by atoms with Crippen molar-refractivity contribution in [3.63, 3.8) is 0 Å². The highest BCUT2D eigenvalue weighted by Gasteiger charge is 2.35. The van der Waals surface area contributed by atoms with Crippen LogP contribution in [0.2, 0.25) is 0 Å². The Morgan fingerprint density at radius 3 is 2.51 bits per heavy atom. The van der Waals surface area contributed by atoms with Crippen LogP contribution in [0.4, 0.5) is 10.1 Å². The van der Waals surface area contributed by atoms with Crippen LogP contribution in [0.5, 0.6) is 5.75 Å². The largest absolute Gasteiger partial charge is 0.494 e. The Bertz CT molecular complexity index is 1130. The molecule has 3 aromatic rings. The van der Waals surface area contributed by atoms with Crippen LogP contribution in [-0.2, 0) is 4.79 Å². The molecule has 1 heterocycles. The first-order valence-electron chi connectivity index (χ1n) is 12.1. The number of aromatic nitrogens is 1. The van der Waals surface area contributed by atoms with Gasteiger partial charge in [-0.3, -0.25) is 19.5 Å². The van der Waals surface area contributed by atoms with Gasteiger partial charge in [0.25, 0.3) is 5.91 Å². The molecule has 0 radical (unpaired) electrons. The second kappa shape index (κ2) is 11.6. The first kappa shape index (κ1) is 24.4. The van der Waals surface area contributed by atoms with E-state index in [2.05, 4.69) is 10.3 Å². The van der Waals surface area contributed by atoms with E-state index in [4.69, 9.17) is 4.74 Å². The number of carbonyl (C=O) groups is 2. The lowest BCUT2D eigenvalue weighted by molar-refractivity contribution is -0.123. The number of benzene rings is 2. The molecule has 2 amide bonds. The lowest BCUT2D eigenvalue weighted by Crippen LogP contribution is -2.47. The summed E-state index contributed by atoms with van der Waals surface area (Å²) in [7, 11) is 0. The quantitative estimate of drug-likeness (QED) is 0.470. The molecule has 7 heteroatoms. The van der Waals surface area contributed by atoms with E-state index in [-0.39, 0.29) is 17.6 Å². The monoisotopic (exact) mass is 475 g/mol. The number of amides is 2. The number of carbonyl (C=O) groups excluding carboxylic acids is 2. The van der Waals surface area contributed by atoms with Crippen molar-refractivity contribution in [2.24, 2.45) is 0 Å². The average molecular weight is 476 g/mol. The van der Waals surface area contributed by atoms with Crippen molar-refractivity contribution in [2.45, 2.75) is 51.1 Å². The summed E-state index contributed by atoms with van der Waals surface area (Å²) in [5.74, 6) is -0.586. The van der Waals surface area contributed by atoms with E-state index in [0.717, 1.165) is 32.1 Å². The highest BCUT2D eigenvalue weighted by atomic mass is 19.1. The second-order valence-electron chi connectivity index (χ2n) is 8.62. The first-order chi connectivity index (χ1) is 17.1. The Kier molecular flexibility index (Phi) is 8.08. The molecule has 1 N–H and O–H groups in total. The number of pyridine rings is 1. The van der Waals surface area contributed by atoms with E-state index in [1.54, 1.807) is 54.6 Å². The maximum Gasteiger partial charge on any atom is 0.277 e. The number of hydrogen-bond donors (Lipinski definition) is 1. The van der Waals surface area contributed by atoms with Gasteiger partial charge in [0.1, 0.15) is 23.3 Å². The molecule has 0 aliphatic heterocycles. The molecule has 1 saturated carbocycles. The molecule has 182 valence electrons. The Morgan fingerprint density at radius 2 is 1.83 bits per heavy atom. The van der Waals surface area contributed by atoms with Crippen LogP contribution in [0, 0.1) is 5.82 Å². The topological polar surface area (TPSA) is 71.5 Å². The zero-order valence-electron chi connectivity index (χ0n) is 19.8. The van der Waals surface area contributed by atoms with Gasteiger partial charge in [0.15, 0.2) is 0 Å². The molecule has 2 aromatic carbocycles. The van der Waals surface area contributed by atoms with E-state index < -0.39 is 17.8 Å². The predicted octanol–water partition coefficient (Wildman–Crippen LogP) is 5.46. The van der Waals surface area contributed by atoms with Gasteiger partial charge >= 0.3 is 0 Å². The molecule has 1 atom stereocenters. The summed E-state index contributed by atoms with van der Waals surface area (Å²) in [6.07, 6.45) is 6.60. The van der Waals surface area contributed by atoms with Crippen molar-refractivity contribution in [3.05, 3.63) is 90.0 Å². The van der Waals surface area contributed by atoms with Crippen LogP contribution in [0.3, 0.4) is 0 Å². The Hall–Kier alpha value is -3.74. The SMILES string of the molecule is CCOc1cccc(N(C(=O)c2ccccn2)[C@H](C(=O)NC2CCCCC2)c2ccc(F)cc2)c1. The Labute approximate surface area is 205 Å². The third kappa shape index (κ3) is 6.04. The van der Waals surface area contributed by atoms with Crippen LogP contribution < -0.4 is 15.0 Å². The lowest BCUT2D eigenvalue weighted by atomic mass is 9.94. The molecule has 0 spiro atoms. The summed E-state index contributed by atoms with van der Waals surface area (Å²) in [6.45, 7) is 2.34. The number of anilines is 1. The van der Waals surface area contributed by atoms with Gasteiger partial charge in [-0.1, -0.05) is 43.5 Å². The van der Waals surface area contributed by atoms with Crippen LogP contribution in [0.15, 0.2) is 72.9 Å². The zero-order chi connectivity index (χ0) is 24.6. The average Bonchev–Trinajstić information content (AvgIpc) is 2.89. The molecule has 0 bridgehead atoms. The summed E-state index contributed by atoms with van der Waals surface area (Å²) in [5, 5.41) is 3.15. The van der Waals surface area contributed by atoms with E-state index in [9.17, 15) is 14.0 Å². The van der Waals surface area contributed by atoms with E-state index in [1.165, 1.54) is 23.2 Å². The van der Waals surface area contributed by atoms with Gasteiger partial charge < -0.3 is 10.1 Å². The second-order valence-corrected chi connectivity index (χ2v) is 8.62. The molecule has 1 aliphatic carbocycles. The molecular formula is C28H30FN3O3. The number of rotatable bonds is 8. The standard InChI is InChI=1S/C28H30FN3O3/c1-2-35-24-12-8-11-23(19-24)32(28(34)25-13-6-7-18-30-25)26(20-14-16-21(29)17-15-20)27(33)31-22-9-4-3-5-10-22/h6-8,11-19,22,26H,2-5,9-10H2,1H3,(H,31,33)/t26-/m0/s1. The molecule has 6 nitrogen and oxygen atoms in total. The summed E-state index contributed by atoms with van der Waals surface area (Å²) < 4.78 is 19.5. The molecule has 0 unspecified atom stereocenters. The summed E-state index contributed by atoms with van der Waals surface area (Å²) in [6, 6.07) is 16.8. The lowest BCUT2D eigenvalue weighted by Gasteiger charge is -2.33. The Morgan fingerprint density at radius 1 is 1.06 bits per heavy atom. The molecule has 4 rings (SSSR count). The number of nitrogens with zero attached hydrogens (tertiary/aromatic N) is 2. The van der Waals surface area contributed by atoms with Gasteiger partial charge in [-0.05, 0) is 61.7 Å². The highest BCUT2D eigenvalue weighted by molar-refractivity contribution is 6.09. The van der Waals surface area contributed by atoms with Gasteiger partial charge in [-0.2, -0.15) is 0 Å². The fourth-order valence-electron chi connectivity index (χ4n) is 4.48. The number of ether oxygens (including phenoxy) is 1. The summed E-state index contributed by atoms with van der Waals surface area (Å²) >= 11 is 0. The molecular weight excluding hydrogens is 445 g/mol. The maximum atomic E-state index is 13.9. The van der Waals surface area contributed by atoms with Crippen molar-refractivity contribution >= 4 is 17.5 Å². The third-order valence-corrected chi connectivity index (χ3v) is 6.15. The number of hydrogen-bond acceptors (Lipinski definition) is 4. The van der Waals surface area contributed by atoms with E-state index in [0.29, 0.717) is 23.6 Å².